The van der Waals surface area contributed by atoms with Crippen molar-refractivity contribution in [2.75, 3.05) is 13.2 Å². The number of alkyl halides is 3. The number of hydrogen-bond acceptors (Lipinski definition) is 5. The number of aliphatic hydroxyl groups is 1. The molecular formula is C26H28F3NO5. The van der Waals surface area contributed by atoms with Gasteiger partial charge in [0.25, 0.3) is 0 Å². The number of hydrogen-bond donors (Lipinski definition) is 1. The minimum absolute atomic E-state index is 0.150. The van der Waals surface area contributed by atoms with Crippen LogP contribution in [0.4, 0.5) is 13.2 Å². The third-order valence-electron chi connectivity index (χ3n) is 6.73. The molecule has 2 aromatic carbocycles. The number of para-hydroxylation sites is 1. The molecule has 3 aromatic rings. The van der Waals surface area contributed by atoms with Crippen molar-refractivity contribution in [3.63, 3.8) is 0 Å². The van der Waals surface area contributed by atoms with Crippen LogP contribution in [-0.2, 0) is 16.6 Å². The number of aliphatic hydroxyl groups excluding tert-OH is 1. The van der Waals surface area contributed by atoms with E-state index < -0.39 is 12.5 Å². The van der Waals surface area contributed by atoms with E-state index in [1.54, 1.807) is 17.7 Å². The Balaban J connectivity index is 1.47. The number of esters is 1. The van der Waals surface area contributed by atoms with Gasteiger partial charge >= 0.3 is 12.3 Å². The largest absolute Gasteiger partial charge is 0.573 e. The first-order valence-electron chi connectivity index (χ1n) is 11.5. The van der Waals surface area contributed by atoms with Crippen LogP contribution in [0.25, 0.3) is 22.2 Å². The number of aryl methyl sites for hydroxylation is 1. The van der Waals surface area contributed by atoms with Crippen molar-refractivity contribution >= 4 is 16.9 Å². The lowest BCUT2D eigenvalue weighted by molar-refractivity contribution is -0.274. The van der Waals surface area contributed by atoms with Crippen LogP contribution in [0.15, 0.2) is 48.5 Å². The van der Waals surface area contributed by atoms with E-state index in [0.717, 1.165) is 17.3 Å². The highest BCUT2D eigenvalue weighted by molar-refractivity contribution is 5.88. The van der Waals surface area contributed by atoms with Gasteiger partial charge in [0.15, 0.2) is 0 Å². The summed E-state index contributed by atoms with van der Waals surface area (Å²) >= 11 is 0. The Morgan fingerprint density at radius 2 is 1.89 bits per heavy atom. The van der Waals surface area contributed by atoms with Crippen LogP contribution in [0.5, 0.6) is 11.5 Å². The van der Waals surface area contributed by atoms with E-state index in [9.17, 15) is 23.1 Å². The number of fused-ring (bicyclic) bond motifs is 1. The van der Waals surface area contributed by atoms with Crippen molar-refractivity contribution in [1.82, 2.24) is 4.57 Å². The van der Waals surface area contributed by atoms with Crippen LogP contribution >= 0.6 is 0 Å². The van der Waals surface area contributed by atoms with E-state index in [1.807, 2.05) is 31.2 Å². The first-order chi connectivity index (χ1) is 16.5. The molecule has 4 unspecified atom stereocenters. The molecule has 1 aliphatic carbocycles. The van der Waals surface area contributed by atoms with Crippen LogP contribution < -0.4 is 9.47 Å². The lowest BCUT2D eigenvalue weighted by Gasteiger charge is -2.38. The molecule has 4 atom stereocenters. The van der Waals surface area contributed by atoms with Gasteiger partial charge in [-0.2, -0.15) is 0 Å². The normalized spacial score (nSPS) is 20.8. The lowest BCUT2D eigenvalue weighted by Crippen LogP contribution is -2.40. The average Bonchev–Trinajstić information content (AvgIpc) is 3.15. The second kappa shape index (κ2) is 9.81. The van der Waals surface area contributed by atoms with Gasteiger partial charge in [0.1, 0.15) is 30.8 Å². The molecule has 188 valence electrons. The topological polar surface area (TPSA) is 69.9 Å². The predicted molar refractivity (Wildman–Crippen MR) is 124 cm³/mol. The van der Waals surface area contributed by atoms with Gasteiger partial charge in [0.05, 0.1) is 11.6 Å². The summed E-state index contributed by atoms with van der Waals surface area (Å²) in [7, 11) is 1.75. The zero-order valence-electron chi connectivity index (χ0n) is 19.7. The molecule has 1 N–H and O–H groups in total. The van der Waals surface area contributed by atoms with E-state index in [2.05, 4.69) is 11.7 Å². The zero-order chi connectivity index (χ0) is 25.3. The quantitative estimate of drug-likeness (QED) is 0.432. The molecule has 1 fully saturated rings. The van der Waals surface area contributed by atoms with Crippen LogP contribution in [0, 0.1) is 17.8 Å². The number of carbonyl (C=O) groups is 1. The molecule has 4 rings (SSSR count). The fraction of sp³-hybridized carbons (Fsp3) is 0.423. The molecule has 0 amide bonds. The maximum Gasteiger partial charge on any atom is 0.573 e. The minimum atomic E-state index is -4.86. The van der Waals surface area contributed by atoms with Gasteiger partial charge in [-0.25, -0.2) is 0 Å². The maximum absolute atomic E-state index is 13.0. The summed E-state index contributed by atoms with van der Waals surface area (Å²) in [6, 6.07) is 13.2. The smallest absolute Gasteiger partial charge is 0.491 e. The summed E-state index contributed by atoms with van der Waals surface area (Å²) < 4.78 is 56.0. The summed E-state index contributed by atoms with van der Waals surface area (Å²) in [4.78, 5) is 12.1. The van der Waals surface area contributed by atoms with Crippen LogP contribution in [0.3, 0.4) is 0 Å². The van der Waals surface area contributed by atoms with Crippen molar-refractivity contribution in [1.29, 1.82) is 0 Å². The summed E-state index contributed by atoms with van der Waals surface area (Å²) in [5.41, 5.74) is 1.54. The third-order valence-corrected chi connectivity index (χ3v) is 6.73. The summed E-state index contributed by atoms with van der Waals surface area (Å²) in [6.45, 7) is 3.66. The Morgan fingerprint density at radius 3 is 2.54 bits per heavy atom. The zero-order valence-corrected chi connectivity index (χ0v) is 19.7. The molecule has 1 saturated carbocycles. The van der Waals surface area contributed by atoms with Gasteiger partial charge in [0, 0.05) is 23.5 Å². The standard InChI is InChI=1S/C26H28F3NO5/c1-15-10-20(16(15)2)25(32)34-14-18(31)13-33-19-8-9-24(35-26(27,28)29)21(12-19)23-11-17-6-4-5-7-22(17)30(23)3/h4-9,11-12,15-16,18,20,31H,10,13-14H2,1-3H3. The Labute approximate surface area is 201 Å². The molecule has 1 aliphatic rings. The summed E-state index contributed by atoms with van der Waals surface area (Å²) in [5, 5.41) is 11.1. The monoisotopic (exact) mass is 491 g/mol. The van der Waals surface area contributed by atoms with E-state index in [-0.39, 0.29) is 48.1 Å². The van der Waals surface area contributed by atoms with Crippen molar-refractivity contribution in [2.24, 2.45) is 24.8 Å². The third kappa shape index (κ3) is 5.56. The Kier molecular flexibility index (Phi) is 6.98. The highest BCUT2D eigenvalue weighted by atomic mass is 19.4. The Hall–Kier alpha value is -3.20. The molecule has 9 heteroatoms. The highest BCUT2D eigenvalue weighted by Crippen LogP contribution is 2.41. The fourth-order valence-corrected chi connectivity index (χ4v) is 4.43. The first kappa shape index (κ1) is 24.9. The van der Waals surface area contributed by atoms with Crippen molar-refractivity contribution in [3.8, 4) is 22.8 Å². The number of benzene rings is 2. The van der Waals surface area contributed by atoms with Gasteiger partial charge < -0.3 is 23.9 Å². The number of halogens is 3. The van der Waals surface area contributed by atoms with E-state index in [4.69, 9.17) is 9.47 Å². The van der Waals surface area contributed by atoms with Gasteiger partial charge in [-0.1, -0.05) is 32.0 Å². The number of carbonyl (C=O) groups excluding carboxylic acids is 1. The summed E-state index contributed by atoms with van der Waals surface area (Å²) in [6.07, 6.45) is -5.17. The van der Waals surface area contributed by atoms with Gasteiger partial charge in [0.2, 0.25) is 0 Å². The molecular weight excluding hydrogens is 463 g/mol. The number of ether oxygens (including phenoxy) is 3. The predicted octanol–water partition coefficient (Wildman–Crippen LogP) is 5.32. The first-order valence-corrected chi connectivity index (χ1v) is 11.5. The highest BCUT2D eigenvalue weighted by Gasteiger charge is 2.40. The van der Waals surface area contributed by atoms with Gasteiger partial charge in [-0.15, -0.1) is 13.2 Å². The molecule has 0 bridgehead atoms. The molecule has 0 aliphatic heterocycles. The number of rotatable bonds is 8. The van der Waals surface area contributed by atoms with Crippen LogP contribution in [0.1, 0.15) is 20.3 Å². The van der Waals surface area contributed by atoms with Crippen molar-refractivity contribution < 1.29 is 37.3 Å². The van der Waals surface area contributed by atoms with Crippen molar-refractivity contribution in [2.45, 2.75) is 32.7 Å². The van der Waals surface area contributed by atoms with Crippen LogP contribution in [0.2, 0.25) is 0 Å². The second-order valence-corrected chi connectivity index (χ2v) is 9.13. The Bertz CT molecular complexity index is 1210. The molecule has 0 saturated heterocycles. The van der Waals surface area contributed by atoms with Crippen molar-refractivity contribution in [3.05, 3.63) is 48.5 Å². The molecule has 1 aromatic heterocycles. The average molecular weight is 492 g/mol. The van der Waals surface area contributed by atoms with E-state index in [0.29, 0.717) is 11.6 Å². The van der Waals surface area contributed by atoms with E-state index >= 15 is 0 Å². The number of nitrogens with zero attached hydrogens (tertiary/aromatic N) is 1. The molecule has 0 radical (unpaired) electrons. The molecule has 6 nitrogen and oxygen atoms in total. The fourth-order valence-electron chi connectivity index (χ4n) is 4.43. The second-order valence-electron chi connectivity index (χ2n) is 9.13. The molecule has 1 heterocycles. The lowest BCUT2D eigenvalue weighted by atomic mass is 9.67. The SMILES string of the molecule is CC1CC(C(=O)OCC(O)COc2ccc(OC(F)(F)F)c(-c3cc4ccccc4n3C)c2)C1C. The maximum atomic E-state index is 13.0. The summed E-state index contributed by atoms with van der Waals surface area (Å²) in [5.74, 6) is 0.117. The van der Waals surface area contributed by atoms with Gasteiger partial charge in [-0.05, 0) is 48.6 Å². The van der Waals surface area contributed by atoms with Crippen LogP contribution in [-0.4, -0.2) is 41.3 Å². The van der Waals surface area contributed by atoms with Gasteiger partial charge in [-0.3, -0.25) is 4.79 Å². The van der Waals surface area contributed by atoms with E-state index in [1.165, 1.54) is 18.2 Å². The molecule has 35 heavy (non-hydrogen) atoms. The number of aromatic nitrogens is 1. The minimum Gasteiger partial charge on any atom is -0.491 e. The Morgan fingerprint density at radius 1 is 1.14 bits per heavy atom. The molecule has 0 spiro atoms.